The van der Waals surface area contributed by atoms with E-state index in [9.17, 15) is 5.11 Å². The average Bonchev–Trinajstić information content (AvgIpc) is 2.33. The lowest BCUT2D eigenvalue weighted by atomic mass is 10.2. The fraction of sp³-hybridized carbons (Fsp3) is 0.643. The van der Waals surface area contributed by atoms with Crippen molar-refractivity contribution in [3.63, 3.8) is 0 Å². The second-order valence-electron chi connectivity index (χ2n) is 5.39. The number of rotatable bonds is 7. The maximum Gasteiger partial charge on any atom is 0.0897 e. The van der Waals surface area contributed by atoms with E-state index >= 15 is 0 Å². The van der Waals surface area contributed by atoms with E-state index in [0.717, 1.165) is 13.0 Å². The Morgan fingerprint density at radius 1 is 1.33 bits per heavy atom. The van der Waals surface area contributed by atoms with Crippen molar-refractivity contribution in [2.75, 3.05) is 19.7 Å². The van der Waals surface area contributed by atoms with Crippen LogP contribution in [0.5, 0.6) is 0 Å². The van der Waals surface area contributed by atoms with E-state index in [2.05, 4.69) is 10.3 Å². The molecule has 2 N–H and O–H groups in total. The molecule has 0 aliphatic carbocycles. The highest BCUT2D eigenvalue weighted by molar-refractivity contribution is 5.09. The summed E-state index contributed by atoms with van der Waals surface area (Å²) in [6.07, 6.45) is 4.07. The van der Waals surface area contributed by atoms with Gasteiger partial charge >= 0.3 is 0 Å². The van der Waals surface area contributed by atoms with E-state index in [1.165, 1.54) is 5.56 Å². The van der Waals surface area contributed by atoms with E-state index in [4.69, 9.17) is 4.74 Å². The van der Waals surface area contributed by atoms with Crippen molar-refractivity contribution >= 4 is 0 Å². The molecule has 1 heterocycles. The van der Waals surface area contributed by atoms with Crippen molar-refractivity contribution in [3.8, 4) is 0 Å². The summed E-state index contributed by atoms with van der Waals surface area (Å²) in [6, 6.07) is 4.00. The summed E-state index contributed by atoms with van der Waals surface area (Å²) in [6.45, 7) is 7.72. The smallest absolute Gasteiger partial charge is 0.0897 e. The lowest BCUT2D eigenvalue weighted by Gasteiger charge is -2.22. The fourth-order valence-electron chi connectivity index (χ4n) is 1.46. The van der Waals surface area contributed by atoms with Crippen molar-refractivity contribution in [1.29, 1.82) is 0 Å². The summed E-state index contributed by atoms with van der Waals surface area (Å²) >= 11 is 0. The third-order valence-electron chi connectivity index (χ3n) is 2.43. The number of aliphatic hydroxyl groups is 1. The van der Waals surface area contributed by atoms with Gasteiger partial charge in [-0.05, 0) is 51.4 Å². The molecule has 0 aliphatic rings. The highest BCUT2D eigenvalue weighted by Crippen LogP contribution is 2.06. The van der Waals surface area contributed by atoms with Crippen LogP contribution in [-0.4, -0.2) is 41.5 Å². The lowest BCUT2D eigenvalue weighted by molar-refractivity contribution is -0.0477. The van der Waals surface area contributed by atoms with Gasteiger partial charge in [0.05, 0.1) is 18.3 Å². The van der Waals surface area contributed by atoms with Gasteiger partial charge in [0, 0.05) is 18.9 Å². The molecule has 0 aliphatic heterocycles. The molecule has 18 heavy (non-hydrogen) atoms. The van der Waals surface area contributed by atoms with Crippen molar-refractivity contribution in [1.82, 2.24) is 10.3 Å². The van der Waals surface area contributed by atoms with E-state index in [1.807, 2.05) is 32.9 Å². The zero-order chi connectivity index (χ0) is 13.4. The molecule has 1 atom stereocenters. The first-order chi connectivity index (χ1) is 8.47. The summed E-state index contributed by atoms with van der Waals surface area (Å²) in [4.78, 5) is 3.97. The molecule has 4 heteroatoms. The van der Waals surface area contributed by atoms with Crippen molar-refractivity contribution < 1.29 is 9.84 Å². The summed E-state index contributed by atoms with van der Waals surface area (Å²) in [5.74, 6) is 0. The van der Waals surface area contributed by atoms with Crippen molar-refractivity contribution in [2.24, 2.45) is 0 Å². The van der Waals surface area contributed by atoms with Crippen LogP contribution in [0.3, 0.4) is 0 Å². The zero-order valence-electron chi connectivity index (χ0n) is 11.5. The van der Waals surface area contributed by atoms with E-state index in [0.29, 0.717) is 13.2 Å². The van der Waals surface area contributed by atoms with Crippen LogP contribution in [0.1, 0.15) is 26.3 Å². The van der Waals surface area contributed by atoms with Crippen LogP contribution in [0.25, 0.3) is 0 Å². The van der Waals surface area contributed by atoms with Gasteiger partial charge in [-0.2, -0.15) is 0 Å². The SMILES string of the molecule is CC(C)(C)OCC(O)CNCCc1ccncc1. The molecule has 4 nitrogen and oxygen atoms in total. The van der Waals surface area contributed by atoms with E-state index < -0.39 is 6.10 Å². The van der Waals surface area contributed by atoms with Crippen molar-refractivity contribution in [3.05, 3.63) is 30.1 Å². The lowest BCUT2D eigenvalue weighted by Crippen LogP contribution is -2.34. The minimum atomic E-state index is -0.457. The van der Waals surface area contributed by atoms with Gasteiger partial charge in [-0.3, -0.25) is 4.98 Å². The van der Waals surface area contributed by atoms with Crippen LogP contribution in [0, 0.1) is 0 Å². The Balaban J connectivity index is 2.07. The van der Waals surface area contributed by atoms with Gasteiger partial charge < -0.3 is 15.2 Å². The fourth-order valence-corrected chi connectivity index (χ4v) is 1.46. The van der Waals surface area contributed by atoms with Crippen LogP contribution >= 0.6 is 0 Å². The third-order valence-corrected chi connectivity index (χ3v) is 2.43. The molecule has 1 rings (SSSR count). The van der Waals surface area contributed by atoms with Gasteiger partial charge in [0.1, 0.15) is 0 Å². The first kappa shape index (κ1) is 15.1. The van der Waals surface area contributed by atoms with Crippen LogP contribution in [0.4, 0.5) is 0 Å². The number of aromatic nitrogens is 1. The number of ether oxygens (including phenoxy) is 1. The predicted octanol–water partition coefficient (Wildman–Crippen LogP) is 1.39. The molecule has 1 aromatic heterocycles. The highest BCUT2D eigenvalue weighted by Gasteiger charge is 2.13. The van der Waals surface area contributed by atoms with Gasteiger partial charge in [0.2, 0.25) is 0 Å². The summed E-state index contributed by atoms with van der Waals surface area (Å²) in [5, 5.41) is 12.9. The Kier molecular flexibility index (Phi) is 6.25. The first-order valence-corrected chi connectivity index (χ1v) is 6.39. The topological polar surface area (TPSA) is 54.4 Å². The Morgan fingerprint density at radius 2 is 2.00 bits per heavy atom. The first-order valence-electron chi connectivity index (χ1n) is 6.39. The number of hydrogen-bond acceptors (Lipinski definition) is 4. The second-order valence-corrected chi connectivity index (χ2v) is 5.39. The zero-order valence-corrected chi connectivity index (χ0v) is 11.5. The predicted molar refractivity (Wildman–Crippen MR) is 72.5 cm³/mol. The molecule has 1 aromatic rings. The number of hydrogen-bond donors (Lipinski definition) is 2. The molecule has 1 unspecified atom stereocenters. The maximum atomic E-state index is 9.71. The number of aliphatic hydroxyl groups excluding tert-OH is 1. The molecule has 0 saturated heterocycles. The Morgan fingerprint density at radius 3 is 2.61 bits per heavy atom. The molecule has 0 amide bonds. The van der Waals surface area contributed by atoms with E-state index in [-0.39, 0.29) is 5.60 Å². The summed E-state index contributed by atoms with van der Waals surface area (Å²) in [7, 11) is 0. The van der Waals surface area contributed by atoms with Crippen LogP contribution in [0.2, 0.25) is 0 Å². The Labute approximate surface area is 109 Å². The molecule has 0 radical (unpaired) electrons. The van der Waals surface area contributed by atoms with Gasteiger partial charge in [-0.1, -0.05) is 0 Å². The molecule has 0 spiro atoms. The average molecular weight is 252 g/mol. The minimum Gasteiger partial charge on any atom is -0.389 e. The molecular weight excluding hydrogens is 228 g/mol. The Bertz CT molecular complexity index is 322. The number of pyridine rings is 1. The quantitative estimate of drug-likeness (QED) is 0.720. The molecule has 0 saturated carbocycles. The molecule has 0 fully saturated rings. The molecule has 0 bridgehead atoms. The van der Waals surface area contributed by atoms with Gasteiger partial charge in [0.15, 0.2) is 0 Å². The number of nitrogens with zero attached hydrogens (tertiary/aromatic N) is 1. The third kappa shape index (κ3) is 7.37. The normalized spacial score (nSPS) is 13.6. The molecule has 102 valence electrons. The molecular formula is C14H24N2O2. The molecule has 0 aromatic carbocycles. The van der Waals surface area contributed by atoms with Gasteiger partial charge in [-0.25, -0.2) is 0 Å². The van der Waals surface area contributed by atoms with E-state index in [1.54, 1.807) is 12.4 Å². The van der Waals surface area contributed by atoms with Crippen LogP contribution < -0.4 is 5.32 Å². The largest absolute Gasteiger partial charge is 0.389 e. The van der Waals surface area contributed by atoms with Crippen LogP contribution in [-0.2, 0) is 11.2 Å². The highest BCUT2D eigenvalue weighted by atomic mass is 16.5. The minimum absolute atomic E-state index is 0.196. The Hall–Kier alpha value is -0.970. The van der Waals surface area contributed by atoms with Crippen LogP contribution in [0.15, 0.2) is 24.5 Å². The van der Waals surface area contributed by atoms with Crippen molar-refractivity contribution in [2.45, 2.75) is 38.9 Å². The standard InChI is InChI=1S/C14H24N2O2/c1-14(2,3)18-11-13(17)10-16-9-6-12-4-7-15-8-5-12/h4-5,7-8,13,16-17H,6,9-11H2,1-3H3. The second kappa shape index (κ2) is 7.46. The monoisotopic (exact) mass is 252 g/mol. The maximum absolute atomic E-state index is 9.71. The van der Waals surface area contributed by atoms with Gasteiger partial charge in [0.25, 0.3) is 0 Å². The summed E-state index contributed by atoms with van der Waals surface area (Å²) < 4.78 is 5.51. The summed E-state index contributed by atoms with van der Waals surface area (Å²) in [5.41, 5.74) is 1.05. The van der Waals surface area contributed by atoms with Gasteiger partial charge in [-0.15, -0.1) is 0 Å². The number of nitrogens with one attached hydrogen (secondary N) is 1.